The summed E-state index contributed by atoms with van der Waals surface area (Å²) in [7, 11) is -2.34. The number of hydrogen-bond donors (Lipinski definition) is 2. The molecular weight excluding hydrogens is 460 g/mol. The van der Waals surface area contributed by atoms with E-state index in [1.807, 2.05) is 25.1 Å². The Morgan fingerprint density at radius 2 is 1.85 bits per heavy atom. The molecule has 0 saturated carbocycles. The quantitative estimate of drug-likeness (QED) is 0.498. The van der Waals surface area contributed by atoms with Crippen LogP contribution in [0.4, 0.5) is 5.69 Å². The maximum Gasteiger partial charge on any atom is 0.290 e. The maximum atomic E-state index is 13.0. The SMILES string of the molecule is COc1ccc(S(=O)(=O)N(CCO)CCO[C@@H]2C[C@H](C)C=C(C(=O)Nc3ccccc3)O2)cc1. The van der Waals surface area contributed by atoms with Crippen LogP contribution in [0.1, 0.15) is 13.3 Å². The zero-order chi connectivity index (χ0) is 24.6. The van der Waals surface area contributed by atoms with Crippen LogP contribution >= 0.6 is 0 Å². The van der Waals surface area contributed by atoms with Crippen LogP contribution < -0.4 is 10.1 Å². The lowest BCUT2D eigenvalue weighted by Crippen LogP contribution is -2.37. The smallest absolute Gasteiger partial charge is 0.290 e. The Hall–Kier alpha value is -2.92. The Morgan fingerprint density at radius 1 is 1.15 bits per heavy atom. The van der Waals surface area contributed by atoms with E-state index in [0.717, 1.165) is 4.31 Å². The summed E-state index contributed by atoms with van der Waals surface area (Å²) in [4.78, 5) is 12.7. The van der Waals surface area contributed by atoms with Crippen LogP contribution in [0.3, 0.4) is 0 Å². The van der Waals surface area contributed by atoms with E-state index in [0.29, 0.717) is 17.9 Å². The molecule has 0 fully saturated rings. The van der Waals surface area contributed by atoms with Gasteiger partial charge in [0.2, 0.25) is 16.3 Å². The molecule has 0 aromatic heterocycles. The molecule has 0 radical (unpaired) electrons. The number of anilines is 1. The Kier molecular flexibility index (Phi) is 9.05. The number of para-hydroxylation sites is 1. The van der Waals surface area contributed by atoms with Crippen LogP contribution in [-0.2, 0) is 24.3 Å². The van der Waals surface area contributed by atoms with Crippen LogP contribution in [-0.4, -0.2) is 63.4 Å². The molecule has 1 amide bonds. The fourth-order valence-electron chi connectivity index (χ4n) is 3.45. The van der Waals surface area contributed by atoms with Crippen LogP contribution in [0.15, 0.2) is 71.3 Å². The first-order chi connectivity index (χ1) is 16.3. The summed E-state index contributed by atoms with van der Waals surface area (Å²) < 4.78 is 43.7. The second kappa shape index (κ2) is 12.0. The van der Waals surface area contributed by atoms with Crippen molar-refractivity contribution >= 4 is 21.6 Å². The van der Waals surface area contributed by atoms with Gasteiger partial charge in [-0.3, -0.25) is 4.79 Å². The number of hydrogen-bond acceptors (Lipinski definition) is 7. The summed E-state index contributed by atoms with van der Waals surface area (Å²) in [5.74, 6) is 0.354. The van der Waals surface area contributed by atoms with Crippen molar-refractivity contribution in [2.45, 2.75) is 24.5 Å². The van der Waals surface area contributed by atoms with E-state index in [1.165, 1.54) is 19.2 Å². The largest absolute Gasteiger partial charge is 0.497 e. The van der Waals surface area contributed by atoms with Crippen molar-refractivity contribution < 1.29 is 32.5 Å². The molecule has 9 nitrogen and oxygen atoms in total. The average molecular weight is 491 g/mol. The highest BCUT2D eigenvalue weighted by molar-refractivity contribution is 7.89. The van der Waals surface area contributed by atoms with E-state index < -0.39 is 16.3 Å². The summed E-state index contributed by atoms with van der Waals surface area (Å²) in [6.07, 6.45) is 1.56. The molecule has 1 aliphatic rings. The van der Waals surface area contributed by atoms with Gasteiger partial charge in [0.1, 0.15) is 5.75 Å². The molecule has 2 N–H and O–H groups in total. The molecule has 10 heteroatoms. The van der Waals surface area contributed by atoms with Crippen LogP contribution in [0.2, 0.25) is 0 Å². The number of methoxy groups -OCH3 is 1. The van der Waals surface area contributed by atoms with Gasteiger partial charge in [0.15, 0.2) is 5.76 Å². The molecule has 34 heavy (non-hydrogen) atoms. The lowest BCUT2D eigenvalue weighted by atomic mass is 10.0. The monoisotopic (exact) mass is 490 g/mol. The topological polar surface area (TPSA) is 114 Å². The Balaban J connectivity index is 1.58. The van der Waals surface area contributed by atoms with Crippen LogP contribution in [0.25, 0.3) is 0 Å². The van der Waals surface area contributed by atoms with Crippen molar-refractivity contribution in [1.29, 1.82) is 0 Å². The molecular formula is C24H30N2O7S. The average Bonchev–Trinajstić information content (AvgIpc) is 2.83. The van der Waals surface area contributed by atoms with Gasteiger partial charge in [-0.25, -0.2) is 8.42 Å². The molecule has 3 rings (SSSR count). The number of carbonyl (C=O) groups excluding carboxylic acids is 1. The maximum absolute atomic E-state index is 13.0. The van der Waals surface area contributed by atoms with Gasteiger partial charge in [-0.1, -0.05) is 25.1 Å². The minimum Gasteiger partial charge on any atom is -0.497 e. The molecule has 0 aliphatic carbocycles. The summed E-state index contributed by atoms with van der Waals surface area (Å²) in [6, 6.07) is 15.1. The minimum atomic E-state index is -3.84. The number of sulfonamides is 1. The fourth-order valence-corrected chi connectivity index (χ4v) is 4.87. The molecule has 0 unspecified atom stereocenters. The normalized spacial score (nSPS) is 18.2. The van der Waals surface area contributed by atoms with Crippen LogP contribution in [0, 0.1) is 5.92 Å². The number of amides is 1. The van der Waals surface area contributed by atoms with Crippen molar-refractivity contribution in [3.63, 3.8) is 0 Å². The van der Waals surface area contributed by atoms with E-state index in [9.17, 15) is 18.3 Å². The highest BCUT2D eigenvalue weighted by Gasteiger charge is 2.28. The zero-order valence-corrected chi connectivity index (χ0v) is 20.0. The van der Waals surface area contributed by atoms with Crippen molar-refractivity contribution in [2.75, 3.05) is 38.7 Å². The third-order valence-corrected chi connectivity index (χ3v) is 7.12. The van der Waals surface area contributed by atoms with Gasteiger partial charge in [-0.2, -0.15) is 4.31 Å². The molecule has 1 heterocycles. The third-order valence-electron chi connectivity index (χ3n) is 5.21. The molecule has 2 aromatic rings. The highest BCUT2D eigenvalue weighted by atomic mass is 32.2. The Labute approximate surface area is 200 Å². The first-order valence-electron chi connectivity index (χ1n) is 10.9. The lowest BCUT2D eigenvalue weighted by Gasteiger charge is -2.28. The molecule has 2 aromatic carbocycles. The van der Waals surface area contributed by atoms with Gasteiger partial charge in [0.05, 0.1) is 25.2 Å². The highest BCUT2D eigenvalue weighted by Crippen LogP contribution is 2.24. The first-order valence-corrected chi connectivity index (χ1v) is 12.4. The Bertz CT molecular complexity index is 1070. The first kappa shape index (κ1) is 25.7. The van der Waals surface area contributed by atoms with E-state index in [-0.39, 0.29) is 48.8 Å². The predicted octanol–water partition coefficient (Wildman–Crippen LogP) is 2.60. The van der Waals surface area contributed by atoms with Gasteiger partial charge in [0, 0.05) is 25.2 Å². The van der Waals surface area contributed by atoms with Gasteiger partial charge < -0.3 is 24.6 Å². The number of ether oxygens (including phenoxy) is 3. The number of benzene rings is 2. The predicted molar refractivity (Wildman–Crippen MR) is 127 cm³/mol. The van der Waals surface area contributed by atoms with Gasteiger partial charge in [-0.05, 0) is 48.4 Å². The van der Waals surface area contributed by atoms with Crippen molar-refractivity contribution in [3.8, 4) is 5.75 Å². The summed E-state index contributed by atoms with van der Waals surface area (Å²) in [5, 5.41) is 12.2. The van der Waals surface area contributed by atoms with Crippen LogP contribution in [0.5, 0.6) is 5.75 Å². The number of carbonyl (C=O) groups is 1. The fraction of sp³-hybridized carbons (Fsp3) is 0.375. The zero-order valence-electron chi connectivity index (χ0n) is 19.2. The molecule has 2 atom stereocenters. The molecule has 0 bridgehead atoms. The summed E-state index contributed by atoms with van der Waals surface area (Å²) in [5.41, 5.74) is 0.649. The molecule has 0 saturated heterocycles. The molecule has 1 aliphatic heterocycles. The van der Waals surface area contributed by atoms with Crippen molar-refractivity contribution in [2.24, 2.45) is 5.92 Å². The van der Waals surface area contributed by atoms with Gasteiger partial charge in [-0.15, -0.1) is 0 Å². The molecule has 184 valence electrons. The lowest BCUT2D eigenvalue weighted by molar-refractivity contribution is -0.145. The van der Waals surface area contributed by atoms with E-state index >= 15 is 0 Å². The number of nitrogens with one attached hydrogen (secondary N) is 1. The third kappa shape index (κ3) is 6.80. The minimum absolute atomic E-state index is 0.0123. The van der Waals surface area contributed by atoms with Gasteiger partial charge in [0.25, 0.3) is 5.91 Å². The van der Waals surface area contributed by atoms with E-state index in [4.69, 9.17) is 14.2 Å². The van der Waals surface area contributed by atoms with E-state index in [1.54, 1.807) is 30.3 Å². The second-order valence-electron chi connectivity index (χ2n) is 7.79. The molecule has 0 spiro atoms. The summed E-state index contributed by atoms with van der Waals surface area (Å²) >= 11 is 0. The number of aliphatic hydroxyl groups is 1. The second-order valence-corrected chi connectivity index (χ2v) is 9.72. The van der Waals surface area contributed by atoms with E-state index in [2.05, 4.69) is 5.32 Å². The van der Waals surface area contributed by atoms with Crippen molar-refractivity contribution in [3.05, 3.63) is 66.4 Å². The van der Waals surface area contributed by atoms with Gasteiger partial charge >= 0.3 is 0 Å². The number of nitrogens with zero attached hydrogens (tertiary/aromatic N) is 1. The standard InChI is InChI=1S/C24H30N2O7S/c1-18-16-22(24(28)25-19-6-4-3-5-7-19)33-23(17-18)32-15-13-26(12-14-27)34(29,30)21-10-8-20(31-2)9-11-21/h3-11,16,18,23,27H,12-15,17H2,1-2H3,(H,25,28)/t18-,23+/m1/s1. The Morgan fingerprint density at radius 3 is 2.50 bits per heavy atom. The van der Waals surface area contributed by atoms with Crippen molar-refractivity contribution in [1.82, 2.24) is 4.31 Å². The number of allylic oxidation sites excluding steroid dienone is 1. The number of aliphatic hydroxyl groups excluding tert-OH is 1. The summed E-state index contributed by atoms with van der Waals surface area (Å²) in [6.45, 7) is 1.57. The number of rotatable bonds is 11.